The molecule has 0 spiro atoms. The summed E-state index contributed by atoms with van der Waals surface area (Å²) in [5.41, 5.74) is 0.0377. The lowest BCUT2D eigenvalue weighted by Crippen LogP contribution is -2.64. The van der Waals surface area contributed by atoms with Gasteiger partial charge in [-0.05, 0) is 105 Å². The molecule has 0 unspecified atom stereocenters. The van der Waals surface area contributed by atoms with Crippen LogP contribution in [0.2, 0.25) is 0 Å². The van der Waals surface area contributed by atoms with Crippen molar-refractivity contribution in [2.75, 3.05) is 0 Å². The standard InChI is InChI=1S/C27H45NO6/c1-14(5-8-21(30)28-15(2)25(33)34)17-6-7-18-22-19(10-12-26(17,18)3)27(4)11-9-16(29)13-20(27)23(31)24(22)32/h14-20,22-24,29,31-32H,5-13H2,1-4H3,(H,28,30)(H,33,34)/t14-,15+,16-,17-,18+,19+,20+,22+,23-,24+,26-,27-/m1/s1. The highest BCUT2D eigenvalue weighted by atomic mass is 16.4. The lowest BCUT2D eigenvalue weighted by molar-refractivity contribution is -0.223. The Morgan fingerprint density at radius 3 is 2.24 bits per heavy atom. The second-order valence-corrected chi connectivity index (χ2v) is 12.7. The molecule has 0 radical (unpaired) electrons. The van der Waals surface area contributed by atoms with Crippen molar-refractivity contribution < 1.29 is 30.0 Å². The summed E-state index contributed by atoms with van der Waals surface area (Å²) in [5.74, 6) is 0.312. The zero-order chi connectivity index (χ0) is 25.0. The number of rotatable bonds is 6. The van der Waals surface area contributed by atoms with E-state index >= 15 is 0 Å². The third kappa shape index (κ3) is 4.20. The van der Waals surface area contributed by atoms with Crippen molar-refractivity contribution in [3.63, 3.8) is 0 Å². The lowest BCUT2D eigenvalue weighted by atomic mass is 9.43. The van der Waals surface area contributed by atoms with Gasteiger partial charge in [0.15, 0.2) is 0 Å². The van der Waals surface area contributed by atoms with Gasteiger partial charge in [0.1, 0.15) is 6.04 Å². The third-order valence-electron chi connectivity index (χ3n) is 11.1. The zero-order valence-corrected chi connectivity index (χ0v) is 21.2. The Morgan fingerprint density at radius 2 is 1.56 bits per heavy atom. The smallest absolute Gasteiger partial charge is 0.325 e. The molecule has 0 aromatic carbocycles. The Hall–Kier alpha value is -1.18. The van der Waals surface area contributed by atoms with E-state index in [-0.39, 0.29) is 34.7 Å². The van der Waals surface area contributed by atoms with Crippen molar-refractivity contribution >= 4 is 11.9 Å². The van der Waals surface area contributed by atoms with Crippen LogP contribution >= 0.6 is 0 Å². The van der Waals surface area contributed by atoms with Crippen LogP contribution in [0, 0.1) is 46.3 Å². The Kier molecular flexibility index (Phi) is 7.13. The SMILES string of the molecule is C[C@H](NC(=O)CC[C@@H](C)[C@H]1CC[C@H]2[C@@H]3[C@H](O)[C@H](O)[C@@H]4C[C@H](O)CC[C@]4(C)[C@H]3CC[C@]12C)C(=O)O. The van der Waals surface area contributed by atoms with Crippen LogP contribution in [0.5, 0.6) is 0 Å². The van der Waals surface area contributed by atoms with Crippen LogP contribution < -0.4 is 5.32 Å². The van der Waals surface area contributed by atoms with E-state index in [0.29, 0.717) is 36.5 Å². The fraction of sp³-hybridized carbons (Fsp3) is 0.926. The zero-order valence-electron chi connectivity index (χ0n) is 21.2. The minimum atomic E-state index is -1.03. The number of aliphatic hydroxyl groups excluding tert-OH is 3. The van der Waals surface area contributed by atoms with Gasteiger partial charge in [0.2, 0.25) is 5.91 Å². The van der Waals surface area contributed by atoms with Crippen LogP contribution in [-0.4, -0.2) is 56.7 Å². The number of carbonyl (C=O) groups excluding carboxylic acids is 1. The number of carboxylic acid groups (broad SMARTS) is 1. The molecule has 5 N–H and O–H groups in total. The molecule has 12 atom stereocenters. The number of aliphatic carboxylic acids is 1. The van der Waals surface area contributed by atoms with Gasteiger partial charge in [0.25, 0.3) is 0 Å². The van der Waals surface area contributed by atoms with E-state index in [1.807, 2.05) is 0 Å². The quantitative estimate of drug-likeness (QED) is 0.399. The highest BCUT2D eigenvalue weighted by Gasteiger charge is 2.65. The van der Waals surface area contributed by atoms with E-state index in [1.165, 1.54) is 6.92 Å². The maximum absolute atomic E-state index is 12.2. The average Bonchev–Trinajstić information content (AvgIpc) is 3.13. The fourth-order valence-corrected chi connectivity index (χ4v) is 9.15. The second-order valence-electron chi connectivity index (χ2n) is 12.7. The van der Waals surface area contributed by atoms with Crippen LogP contribution in [0.25, 0.3) is 0 Å². The number of carbonyl (C=O) groups is 2. The number of hydrogen-bond acceptors (Lipinski definition) is 5. The normalized spacial score (nSPS) is 47.6. The Labute approximate surface area is 203 Å². The molecule has 1 amide bonds. The number of carboxylic acids is 1. The second kappa shape index (κ2) is 9.36. The summed E-state index contributed by atoms with van der Waals surface area (Å²) in [4.78, 5) is 23.3. The van der Waals surface area contributed by atoms with Crippen LogP contribution in [0.1, 0.15) is 85.5 Å². The van der Waals surface area contributed by atoms with Crippen molar-refractivity contribution in [2.45, 2.75) is 110 Å². The molecule has 34 heavy (non-hydrogen) atoms. The summed E-state index contributed by atoms with van der Waals surface area (Å²) in [5, 5.41) is 44.4. The first-order chi connectivity index (χ1) is 15.9. The van der Waals surface area contributed by atoms with Gasteiger partial charge >= 0.3 is 5.97 Å². The summed E-state index contributed by atoms with van der Waals surface area (Å²) >= 11 is 0. The topological polar surface area (TPSA) is 127 Å². The third-order valence-corrected chi connectivity index (χ3v) is 11.1. The van der Waals surface area contributed by atoms with Gasteiger partial charge in [-0.1, -0.05) is 20.8 Å². The first-order valence-electron chi connectivity index (χ1n) is 13.5. The predicted octanol–water partition coefficient (Wildman–Crippen LogP) is 2.95. The van der Waals surface area contributed by atoms with Crippen LogP contribution in [0.3, 0.4) is 0 Å². The Balaban J connectivity index is 1.46. The Morgan fingerprint density at radius 1 is 0.912 bits per heavy atom. The van der Waals surface area contributed by atoms with E-state index in [1.54, 1.807) is 0 Å². The number of amides is 1. The molecule has 4 saturated carbocycles. The molecule has 7 nitrogen and oxygen atoms in total. The molecule has 0 heterocycles. The van der Waals surface area contributed by atoms with Gasteiger partial charge in [-0.25, -0.2) is 0 Å². The summed E-state index contributed by atoms with van der Waals surface area (Å²) < 4.78 is 0. The predicted molar refractivity (Wildman–Crippen MR) is 128 cm³/mol. The molecule has 0 aromatic rings. The van der Waals surface area contributed by atoms with Crippen molar-refractivity contribution in [3.8, 4) is 0 Å². The number of fused-ring (bicyclic) bond motifs is 5. The van der Waals surface area contributed by atoms with Gasteiger partial charge < -0.3 is 25.7 Å². The summed E-state index contributed by atoms with van der Waals surface area (Å²) in [6, 6.07) is -0.878. The van der Waals surface area contributed by atoms with Crippen molar-refractivity contribution in [1.29, 1.82) is 0 Å². The fourth-order valence-electron chi connectivity index (χ4n) is 9.15. The molecule has 0 saturated heterocycles. The number of nitrogens with one attached hydrogen (secondary N) is 1. The molecule has 4 rings (SSSR count). The number of hydrogen-bond donors (Lipinski definition) is 5. The first-order valence-corrected chi connectivity index (χ1v) is 13.5. The van der Waals surface area contributed by atoms with Gasteiger partial charge in [0.05, 0.1) is 18.3 Å². The molecule has 4 aliphatic carbocycles. The molecule has 0 aromatic heterocycles. The minimum Gasteiger partial charge on any atom is -0.480 e. The van der Waals surface area contributed by atoms with Crippen molar-refractivity contribution in [2.24, 2.45) is 46.3 Å². The van der Waals surface area contributed by atoms with E-state index in [4.69, 9.17) is 5.11 Å². The summed E-state index contributed by atoms with van der Waals surface area (Å²) in [7, 11) is 0. The maximum Gasteiger partial charge on any atom is 0.325 e. The van der Waals surface area contributed by atoms with Gasteiger partial charge in [-0.2, -0.15) is 0 Å². The highest BCUT2D eigenvalue weighted by Crippen LogP contribution is 2.68. The molecule has 194 valence electrons. The molecule has 4 fully saturated rings. The average molecular weight is 480 g/mol. The lowest BCUT2D eigenvalue weighted by Gasteiger charge is -2.63. The molecule has 7 heteroatoms. The largest absolute Gasteiger partial charge is 0.480 e. The number of aliphatic hydroxyl groups is 3. The molecule has 0 bridgehead atoms. The first kappa shape index (κ1) is 25.9. The maximum atomic E-state index is 12.2. The van der Waals surface area contributed by atoms with E-state index in [2.05, 4.69) is 26.1 Å². The summed E-state index contributed by atoms with van der Waals surface area (Å²) in [6.45, 7) is 8.36. The van der Waals surface area contributed by atoms with E-state index < -0.39 is 24.2 Å². The minimum absolute atomic E-state index is 0.0352. The van der Waals surface area contributed by atoms with Crippen LogP contribution in [0.4, 0.5) is 0 Å². The van der Waals surface area contributed by atoms with Gasteiger partial charge in [-0.15, -0.1) is 0 Å². The van der Waals surface area contributed by atoms with Crippen molar-refractivity contribution in [3.05, 3.63) is 0 Å². The Bertz CT molecular complexity index is 789. The van der Waals surface area contributed by atoms with Crippen LogP contribution in [-0.2, 0) is 9.59 Å². The van der Waals surface area contributed by atoms with Crippen LogP contribution in [0.15, 0.2) is 0 Å². The molecule has 0 aliphatic heterocycles. The molecular formula is C27H45NO6. The van der Waals surface area contributed by atoms with E-state index in [0.717, 1.165) is 44.9 Å². The van der Waals surface area contributed by atoms with Gasteiger partial charge in [-0.3, -0.25) is 9.59 Å². The molecule has 4 aliphatic rings. The van der Waals surface area contributed by atoms with E-state index in [9.17, 15) is 24.9 Å². The monoisotopic (exact) mass is 479 g/mol. The highest BCUT2D eigenvalue weighted by molar-refractivity contribution is 5.83. The summed E-state index contributed by atoms with van der Waals surface area (Å²) in [6.07, 6.45) is 5.69. The van der Waals surface area contributed by atoms with Crippen molar-refractivity contribution in [1.82, 2.24) is 5.32 Å². The molecular weight excluding hydrogens is 434 g/mol. The van der Waals surface area contributed by atoms with Gasteiger partial charge in [0, 0.05) is 6.42 Å².